The molecule has 0 aliphatic heterocycles. The highest BCUT2D eigenvalue weighted by Crippen LogP contribution is 2.24. The summed E-state index contributed by atoms with van der Waals surface area (Å²) in [4.78, 5) is 15.0. The summed E-state index contributed by atoms with van der Waals surface area (Å²) in [6, 6.07) is 14.8. The highest BCUT2D eigenvalue weighted by Gasteiger charge is 2.08. The largest absolute Gasteiger partial charge is 0.373 e. The number of carbonyl (C=O) groups is 1. The zero-order chi connectivity index (χ0) is 17.5. The third-order valence-electron chi connectivity index (χ3n) is 3.75. The van der Waals surface area contributed by atoms with Crippen molar-refractivity contribution in [1.29, 1.82) is 0 Å². The summed E-state index contributed by atoms with van der Waals surface area (Å²) in [5.41, 5.74) is 2.71. The van der Waals surface area contributed by atoms with Crippen LogP contribution in [0.25, 0.3) is 0 Å². The van der Waals surface area contributed by atoms with E-state index in [1.807, 2.05) is 55.6 Å². The fourth-order valence-corrected chi connectivity index (χ4v) is 2.75. The van der Waals surface area contributed by atoms with Gasteiger partial charge in [-0.25, -0.2) is 4.79 Å². The van der Waals surface area contributed by atoms with Crippen molar-refractivity contribution in [1.82, 2.24) is 5.32 Å². The SMILES string of the molecule is CCN(C)c1ccccc1NC(=O)NCc1ccc([S@@](C)=O)cc1. The Hall–Kier alpha value is -2.34. The molecule has 0 saturated heterocycles. The topological polar surface area (TPSA) is 61.4 Å². The van der Waals surface area contributed by atoms with Gasteiger partial charge in [-0.2, -0.15) is 0 Å². The summed E-state index contributed by atoms with van der Waals surface area (Å²) in [6.45, 7) is 3.32. The van der Waals surface area contributed by atoms with E-state index in [1.165, 1.54) is 0 Å². The number of amides is 2. The fourth-order valence-electron chi connectivity index (χ4n) is 2.23. The van der Waals surface area contributed by atoms with Crippen molar-refractivity contribution in [3.63, 3.8) is 0 Å². The van der Waals surface area contributed by atoms with Crippen molar-refractivity contribution >= 4 is 28.2 Å². The minimum atomic E-state index is -0.989. The number of benzene rings is 2. The summed E-state index contributed by atoms with van der Waals surface area (Å²) in [5, 5.41) is 5.72. The second-order valence-electron chi connectivity index (χ2n) is 5.44. The first-order valence-corrected chi connectivity index (χ1v) is 9.34. The molecule has 0 aliphatic rings. The first-order valence-electron chi connectivity index (χ1n) is 7.78. The van der Waals surface area contributed by atoms with Crippen LogP contribution in [0.5, 0.6) is 0 Å². The number of urea groups is 1. The Kier molecular flexibility index (Phi) is 6.37. The molecule has 1 atom stereocenters. The number of rotatable bonds is 6. The third kappa shape index (κ3) is 4.83. The minimum Gasteiger partial charge on any atom is -0.373 e. The smallest absolute Gasteiger partial charge is 0.319 e. The first-order chi connectivity index (χ1) is 11.5. The van der Waals surface area contributed by atoms with Crippen molar-refractivity contribution in [2.45, 2.75) is 18.4 Å². The lowest BCUT2D eigenvalue weighted by molar-refractivity contribution is 0.251. The lowest BCUT2D eigenvalue weighted by Crippen LogP contribution is -2.29. The van der Waals surface area contributed by atoms with Crippen LogP contribution in [-0.2, 0) is 17.3 Å². The van der Waals surface area contributed by atoms with Gasteiger partial charge in [0.2, 0.25) is 0 Å². The number of anilines is 2. The van der Waals surface area contributed by atoms with E-state index in [4.69, 9.17) is 0 Å². The van der Waals surface area contributed by atoms with Crippen LogP contribution in [0.3, 0.4) is 0 Å². The summed E-state index contributed by atoms with van der Waals surface area (Å²) < 4.78 is 11.4. The molecule has 2 N–H and O–H groups in total. The van der Waals surface area contributed by atoms with Gasteiger partial charge in [-0.1, -0.05) is 24.3 Å². The molecule has 6 heteroatoms. The third-order valence-corrected chi connectivity index (χ3v) is 4.68. The van der Waals surface area contributed by atoms with Gasteiger partial charge in [0, 0.05) is 42.1 Å². The second-order valence-corrected chi connectivity index (χ2v) is 6.82. The molecule has 0 aliphatic carbocycles. The van der Waals surface area contributed by atoms with Crippen LogP contribution >= 0.6 is 0 Å². The van der Waals surface area contributed by atoms with Crippen molar-refractivity contribution in [2.24, 2.45) is 0 Å². The molecule has 0 spiro atoms. The number of hydrogen-bond donors (Lipinski definition) is 2. The molecule has 0 aromatic heterocycles. The zero-order valence-corrected chi connectivity index (χ0v) is 15.0. The summed E-state index contributed by atoms with van der Waals surface area (Å²) in [5.74, 6) is 0. The molecular weight excluding hydrogens is 322 g/mol. The zero-order valence-electron chi connectivity index (χ0n) is 14.2. The van der Waals surface area contributed by atoms with Crippen molar-refractivity contribution in [3.8, 4) is 0 Å². The van der Waals surface area contributed by atoms with Crippen LogP contribution in [0.2, 0.25) is 0 Å². The summed E-state index contributed by atoms with van der Waals surface area (Å²) >= 11 is 0. The molecule has 5 nitrogen and oxygen atoms in total. The van der Waals surface area contributed by atoms with Gasteiger partial charge in [0.1, 0.15) is 0 Å². The summed E-state index contributed by atoms with van der Waals surface area (Å²) in [7, 11) is 0.995. The Labute approximate surface area is 145 Å². The standard InChI is InChI=1S/C18H23N3O2S/c1-4-21(2)17-8-6-5-7-16(17)20-18(22)19-13-14-9-11-15(12-10-14)24(3)23/h5-12H,4,13H2,1-3H3,(H2,19,20,22)/t24-/m1/s1. The molecule has 2 aromatic carbocycles. The van der Waals surface area contributed by atoms with E-state index in [-0.39, 0.29) is 6.03 Å². The average Bonchev–Trinajstić information content (AvgIpc) is 2.60. The number of nitrogens with zero attached hydrogens (tertiary/aromatic N) is 1. The van der Waals surface area contributed by atoms with Gasteiger partial charge in [-0.3, -0.25) is 4.21 Å². The van der Waals surface area contributed by atoms with Gasteiger partial charge in [0.25, 0.3) is 0 Å². The molecule has 0 bridgehead atoms. The Morgan fingerprint density at radius 2 is 1.79 bits per heavy atom. The van der Waals surface area contributed by atoms with Gasteiger partial charge in [0.15, 0.2) is 0 Å². The molecule has 2 aromatic rings. The first kappa shape index (κ1) is 18.0. The molecule has 0 unspecified atom stereocenters. The Balaban J connectivity index is 1.95. The molecule has 0 fully saturated rings. The second kappa shape index (κ2) is 8.49. The molecule has 24 heavy (non-hydrogen) atoms. The predicted molar refractivity (Wildman–Crippen MR) is 100 cm³/mol. The van der Waals surface area contributed by atoms with Gasteiger partial charge >= 0.3 is 6.03 Å². The lowest BCUT2D eigenvalue weighted by atomic mass is 10.2. The van der Waals surface area contributed by atoms with Crippen LogP contribution in [0.4, 0.5) is 16.2 Å². The van der Waals surface area contributed by atoms with Crippen molar-refractivity contribution in [3.05, 3.63) is 54.1 Å². The van der Waals surface area contributed by atoms with E-state index in [0.717, 1.165) is 28.4 Å². The molecular formula is C18H23N3O2S. The number of nitrogens with one attached hydrogen (secondary N) is 2. The van der Waals surface area contributed by atoms with E-state index in [0.29, 0.717) is 6.54 Å². The van der Waals surface area contributed by atoms with E-state index < -0.39 is 10.8 Å². The average molecular weight is 345 g/mol. The maximum atomic E-state index is 12.1. The maximum Gasteiger partial charge on any atom is 0.319 e. The highest BCUT2D eigenvalue weighted by molar-refractivity contribution is 7.84. The van der Waals surface area contributed by atoms with Crippen LogP contribution in [-0.4, -0.2) is 30.1 Å². The van der Waals surface area contributed by atoms with Crippen molar-refractivity contribution < 1.29 is 9.00 Å². The fraction of sp³-hybridized carbons (Fsp3) is 0.278. The molecule has 2 rings (SSSR count). The van der Waals surface area contributed by atoms with Crippen LogP contribution < -0.4 is 15.5 Å². The Bertz CT molecular complexity index is 716. The molecule has 128 valence electrons. The Morgan fingerprint density at radius 1 is 1.12 bits per heavy atom. The minimum absolute atomic E-state index is 0.255. The van der Waals surface area contributed by atoms with E-state index in [9.17, 15) is 9.00 Å². The van der Waals surface area contributed by atoms with E-state index >= 15 is 0 Å². The van der Waals surface area contributed by atoms with Gasteiger partial charge in [0.05, 0.1) is 11.4 Å². The van der Waals surface area contributed by atoms with Crippen molar-refractivity contribution in [2.75, 3.05) is 30.1 Å². The maximum absolute atomic E-state index is 12.1. The van der Waals surface area contributed by atoms with Gasteiger partial charge in [-0.05, 0) is 36.8 Å². The van der Waals surface area contributed by atoms with Crippen LogP contribution in [0.1, 0.15) is 12.5 Å². The molecule has 0 saturated carbocycles. The molecule has 0 heterocycles. The van der Waals surface area contributed by atoms with Gasteiger partial charge in [-0.15, -0.1) is 0 Å². The predicted octanol–water partition coefficient (Wildman–Crippen LogP) is 3.20. The van der Waals surface area contributed by atoms with E-state index in [1.54, 1.807) is 6.26 Å². The molecule has 2 amide bonds. The monoisotopic (exact) mass is 345 g/mol. The number of carbonyl (C=O) groups excluding carboxylic acids is 1. The van der Waals surface area contributed by atoms with Crippen LogP contribution in [0, 0.1) is 0 Å². The molecule has 0 radical (unpaired) electrons. The summed E-state index contributed by atoms with van der Waals surface area (Å²) in [6.07, 6.45) is 1.64. The van der Waals surface area contributed by atoms with Crippen LogP contribution in [0.15, 0.2) is 53.4 Å². The number of hydrogen-bond acceptors (Lipinski definition) is 3. The highest BCUT2D eigenvalue weighted by atomic mass is 32.2. The van der Waals surface area contributed by atoms with Gasteiger partial charge < -0.3 is 15.5 Å². The Morgan fingerprint density at radius 3 is 2.42 bits per heavy atom. The quantitative estimate of drug-likeness (QED) is 0.845. The lowest BCUT2D eigenvalue weighted by Gasteiger charge is -2.21. The van der Waals surface area contributed by atoms with E-state index in [2.05, 4.69) is 22.5 Å². The normalized spacial score (nSPS) is 11.6. The number of para-hydroxylation sites is 2.